The summed E-state index contributed by atoms with van der Waals surface area (Å²) in [6.45, 7) is 0. The zero-order valence-corrected chi connectivity index (χ0v) is 13.8. The molecule has 0 aliphatic carbocycles. The van der Waals surface area contributed by atoms with Crippen molar-refractivity contribution in [3.63, 3.8) is 0 Å². The molecular formula is C17H13ClN4O2. The molecule has 0 unspecified atom stereocenters. The monoisotopic (exact) mass is 340 g/mol. The van der Waals surface area contributed by atoms with Crippen molar-refractivity contribution in [1.82, 2.24) is 19.3 Å². The first-order valence-electron chi connectivity index (χ1n) is 7.27. The highest BCUT2D eigenvalue weighted by Gasteiger charge is 2.18. The molecule has 6 nitrogen and oxygen atoms in total. The first-order valence-corrected chi connectivity index (χ1v) is 7.65. The third kappa shape index (κ3) is 2.07. The molecule has 0 bridgehead atoms. The first-order chi connectivity index (χ1) is 11.6. The molecule has 120 valence electrons. The summed E-state index contributed by atoms with van der Waals surface area (Å²) in [5.41, 5.74) is 1.37. The van der Waals surface area contributed by atoms with Crippen LogP contribution in [-0.2, 0) is 7.05 Å². The number of aromatic nitrogens is 4. The second-order valence-electron chi connectivity index (χ2n) is 5.40. The number of halogens is 1. The Bertz CT molecular complexity index is 1150. The van der Waals surface area contributed by atoms with Gasteiger partial charge in [0, 0.05) is 35.2 Å². The van der Waals surface area contributed by atoms with E-state index in [-0.39, 0.29) is 5.56 Å². The van der Waals surface area contributed by atoms with Gasteiger partial charge in [-0.15, -0.1) is 0 Å². The van der Waals surface area contributed by atoms with Gasteiger partial charge in [0.05, 0.1) is 12.6 Å². The van der Waals surface area contributed by atoms with E-state index in [1.807, 2.05) is 12.3 Å². The van der Waals surface area contributed by atoms with E-state index >= 15 is 0 Å². The predicted molar refractivity (Wildman–Crippen MR) is 93.2 cm³/mol. The van der Waals surface area contributed by atoms with Crippen LogP contribution in [0.25, 0.3) is 27.5 Å². The summed E-state index contributed by atoms with van der Waals surface area (Å²) in [4.78, 5) is 17.3. The number of hydrogen-bond donors (Lipinski definition) is 0. The number of ether oxygens (including phenoxy) is 1. The fraction of sp³-hybridized carbons (Fsp3) is 0.118. The molecule has 0 fully saturated rings. The van der Waals surface area contributed by atoms with Crippen LogP contribution in [0.5, 0.6) is 5.88 Å². The van der Waals surface area contributed by atoms with Crippen LogP contribution in [0.3, 0.4) is 0 Å². The van der Waals surface area contributed by atoms with Crippen molar-refractivity contribution in [2.45, 2.75) is 0 Å². The van der Waals surface area contributed by atoms with Crippen LogP contribution < -0.4 is 10.3 Å². The highest BCUT2D eigenvalue weighted by Crippen LogP contribution is 2.29. The molecule has 1 aromatic carbocycles. The average Bonchev–Trinajstić information content (AvgIpc) is 2.97. The molecule has 0 spiro atoms. The van der Waals surface area contributed by atoms with Crippen LogP contribution in [0.15, 0.2) is 47.5 Å². The molecule has 24 heavy (non-hydrogen) atoms. The van der Waals surface area contributed by atoms with Gasteiger partial charge in [-0.3, -0.25) is 14.0 Å². The number of rotatable bonds is 2. The van der Waals surface area contributed by atoms with E-state index in [4.69, 9.17) is 16.3 Å². The summed E-state index contributed by atoms with van der Waals surface area (Å²) in [7, 11) is 3.31. The van der Waals surface area contributed by atoms with Crippen molar-refractivity contribution in [3.05, 3.63) is 58.1 Å². The second-order valence-corrected chi connectivity index (χ2v) is 5.84. The summed E-state index contributed by atoms with van der Waals surface area (Å²) >= 11 is 6.18. The number of hydrogen-bond acceptors (Lipinski definition) is 4. The van der Waals surface area contributed by atoms with Crippen LogP contribution in [-0.4, -0.2) is 26.4 Å². The second kappa shape index (κ2) is 5.35. The van der Waals surface area contributed by atoms with Crippen molar-refractivity contribution >= 4 is 33.4 Å². The van der Waals surface area contributed by atoms with E-state index in [1.165, 1.54) is 7.11 Å². The van der Waals surface area contributed by atoms with E-state index in [0.29, 0.717) is 27.6 Å². The summed E-state index contributed by atoms with van der Waals surface area (Å²) in [5, 5.41) is 6.53. The minimum absolute atomic E-state index is 0.244. The zero-order valence-electron chi connectivity index (χ0n) is 13.0. The third-order valence-electron chi connectivity index (χ3n) is 3.91. The Morgan fingerprint density at radius 2 is 2.04 bits per heavy atom. The van der Waals surface area contributed by atoms with Crippen LogP contribution >= 0.6 is 11.6 Å². The molecule has 7 heteroatoms. The molecule has 3 heterocycles. The van der Waals surface area contributed by atoms with E-state index in [2.05, 4.69) is 10.1 Å². The van der Waals surface area contributed by atoms with Crippen molar-refractivity contribution in [3.8, 4) is 11.6 Å². The highest BCUT2D eigenvalue weighted by molar-refractivity contribution is 6.31. The predicted octanol–water partition coefficient (Wildman–Crippen LogP) is 2.93. The molecule has 4 rings (SSSR count). The molecule has 0 radical (unpaired) electrons. The lowest BCUT2D eigenvalue weighted by atomic mass is 10.1. The van der Waals surface area contributed by atoms with Gasteiger partial charge in [-0.25, -0.2) is 4.98 Å². The number of nitrogens with zero attached hydrogens (tertiary/aromatic N) is 4. The topological polar surface area (TPSA) is 61.9 Å². The Morgan fingerprint density at radius 1 is 1.21 bits per heavy atom. The van der Waals surface area contributed by atoms with Gasteiger partial charge in [-0.05, 0) is 24.3 Å². The Balaban J connectivity index is 2.26. The Kier molecular flexibility index (Phi) is 3.28. The molecule has 0 amide bonds. The van der Waals surface area contributed by atoms with E-state index in [1.54, 1.807) is 46.8 Å². The smallest absolute Gasteiger partial charge is 0.284 e. The normalized spacial score (nSPS) is 11.3. The van der Waals surface area contributed by atoms with Gasteiger partial charge in [-0.2, -0.15) is 5.10 Å². The van der Waals surface area contributed by atoms with Gasteiger partial charge < -0.3 is 4.74 Å². The summed E-state index contributed by atoms with van der Waals surface area (Å²) < 4.78 is 8.50. The fourth-order valence-corrected chi connectivity index (χ4v) is 3.09. The van der Waals surface area contributed by atoms with Crippen molar-refractivity contribution in [1.29, 1.82) is 0 Å². The van der Waals surface area contributed by atoms with Crippen LogP contribution in [0.2, 0.25) is 5.02 Å². The average molecular weight is 341 g/mol. The van der Waals surface area contributed by atoms with E-state index in [9.17, 15) is 4.79 Å². The van der Waals surface area contributed by atoms with Gasteiger partial charge >= 0.3 is 0 Å². The molecule has 3 aromatic heterocycles. The standard InChI is InChI=1S/C17H13ClN4O2/c1-21-9-12-11-6-5-10(18)8-14(11)22(17(23)15(12)20-21)13-4-3-7-19-16(13)24-2/h3-9H,1-2H3. The Labute approximate surface area is 141 Å². The number of aryl methyl sites for hydroxylation is 1. The molecule has 4 aromatic rings. The van der Waals surface area contributed by atoms with Crippen molar-refractivity contribution < 1.29 is 4.74 Å². The summed E-state index contributed by atoms with van der Waals surface area (Å²) in [6.07, 6.45) is 3.44. The summed E-state index contributed by atoms with van der Waals surface area (Å²) in [6, 6.07) is 8.98. The van der Waals surface area contributed by atoms with E-state index < -0.39 is 0 Å². The van der Waals surface area contributed by atoms with Crippen LogP contribution in [0, 0.1) is 0 Å². The maximum Gasteiger partial charge on any atom is 0.284 e. The molecule has 0 saturated heterocycles. The van der Waals surface area contributed by atoms with Gasteiger partial charge in [-0.1, -0.05) is 17.7 Å². The largest absolute Gasteiger partial charge is 0.480 e. The maximum atomic E-state index is 13.1. The fourth-order valence-electron chi connectivity index (χ4n) is 2.93. The van der Waals surface area contributed by atoms with Gasteiger partial charge in [0.1, 0.15) is 5.69 Å². The van der Waals surface area contributed by atoms with E-state index in [0.717, 1.165) is 10.8 Å². The molecule has 0 saturated carbocycles. The first kappa shape index (κ1) is 14.7. The van der Waals surface area contributed by atoms with Crippen LogP contribution in [0.1, 0.15) is 0 Å². The van der Waals surface area contributed by atoms with Crippen molar-refractivity contribution in [2.75, 3.05) is 7.11 Å². The SMILES string of the molecule is COc1ncccc1-n1c(=O)c2nn(C)cc2c2ccc(Cl)cc21. The number of methoxy groups -OCH3 is 1. The third-order valence-corrected chi connectivity index (χ3v) is 4.15. The minimum Gasteiger partial charge on any atom is -0.480 e. The molecule has 0 aliphatic heterocycles. The van der Waals surface area contributed by atoms with Gasteiger partial charge in [0.25, 0.3) is 5.56 Å². The number of benzene rings is 1. The number of fused-ring (bicyclic) bond motifs is 3. The maximum absolute atomic E-state index is 13.1. The zero-order chi connectivity index (χ0) is 16.8. The van der Waals surface area contributed by atoms with Gasteiger partial charge in [0.15, 0.2) is 5.52 Å². The lowest BCUT2D eigenvalue weighted by Crippen LogP contribution is -2.20. The molecular weight excluding hydrogens is 328 g/mol. The Morgan fingerprint density at radius 3 is 2.83 bits per heavy atom. The number of pyridine rings is 2. The quantitative estimate of drug-likeness (QED) is 0.563. The highest BCUT2D eigenvalue weighted by atomic mass is 35.5. The van der Waals surface area contributed by atoms with Crippen LogP contribution in [0.4, 0.5) is 0 Å². The molecule has 0 atom stereocenters. The Hall–Kier alpha value is -2.86. The molecule has 0 aliphatic rings. The minimum atomic E-state index is -0.244. The summed E-state index contributed by atoms with van der Waals surface area (Å²) in [5.74, 6) is 0.358. The lowest BCUT2D eigenvalue weighted by molar-refractivity contribution is 0.396. The molecule has 0 N–H and O–H groups in total. The lowest BCUT2D eigenvalue weighted by Gasteiger charge is -2.13. The van der Waals surface area contributed by atoms with Crippen molar-refractivity contribution in [2.24, 2.45) is 7.05 Å². The van der Waals surface area contributed by atoms with Gasteiger partial charge in [0.2, 0.25) is 5.88 Å².